The molecule has 0 amide bonds. The second kappa shape index (κ2) is 124. The van der Waals surface area contributed by atoms with Gasteiger partial charge >= 0.3 is 0 Å². The molecule has 0 N–H and O–H groups in total. The molecule has 0 bridgehead atoms. The molecule has 346 valence electrons. The average Bonchev–Trinajstić information content (AvgIpc) is 4.05. The Labute approximate surface area is 356 Å². The van der Waals surface area contributed by atoms with Crippen LogP contribution in [0.2, 0.25) is 0 Å². The molecule has 0 radical (unpaired) electrons. The Morgan fingerprint density at radius 3 is 0.204 bits per heavy atom. The predicted molar refractivity (Wildman–Crippen MR) is 272 cm³/mol. The van der Waals surface area contributed by atoms with E-state index in [4.69, 9.17) is 0 Å². The zero-order valence-corrected chi connectivity index (χ0v) is 45.0. The molecule has 0 atom stereocenters. The third kappa shape index (κ3) is 150. The van der Waals surface area contributed by atoms with Crippen LogP contribution in [0.4, 0.5) is 0 Å². The van der Waals surface area contributed by atoms with E-state index in [1.165, 1.54) is 180 Å². The van der Waals surface area contributed by atoms with Crippen molar-refractivity contribution in [2.75, 3.05) is 0 Å². The van der Waals surface area contributed by atoms with Gasteiger partial charge in [0.25, 0.3) is 0 Å². The van der Waals surface area contributed by atoms with E-state index in [0.717, 1.165) is 11.8 Å². The second-order valence-electron chi connectivity index (χ2n) is 11.9. The average molecular weight is 780 g/mol. The summed E-state index contributed by atoms with van der Waals surface area (Å²) < 4.78 is 0. The summed E-state index contributed by atoms with van der Waals surface area (Å²) in [5, 5.41) is 0. The van der Waals surface area contributed by atoms with Gasteiger partial charge in [0.05, 0.1) is 0 Å². The molecule has 0 aliphatic heterocycles. The van der Waals surface area contributed by atoms with Gasteiger partial charge in [-0.2, -0.15) is 0 Å². The Morgan fingerprint density at radius 2 is 0.204 bits per heavy atom. The largest absolute Gasteiger partial charge is 0.0683 e. The lowest BCUT2D eigenvalue weighted by atomic mass is 9.88. The predicted octanol–water partition coefficient (Wildman–Crippen LogP) is 23.5. The molecule has 8 aliphatic carbocycles. The fourth-order valence-electron chi connectivity index (χ4n) is 2.22. The maximum Gasteiger partial charge on any atom is -0.0443 e. The Kier molecular flexibility index (Phi) is 188. The molecule has 0 nitrogen and oxygen atoms in total. The van der Waals surface area contributed by atoms with Crippen molar-refractivity contribution < 1.29 is 0 Å². The highest BCUT2D eigenvalue weighted by atomic mass is 14.2. The van der Waals surface area contributed by atoms with Crippen LogP contribution in [0.15, 0.2) is 0 Å². The standard InChI is InChI=1S/2C5H10.4C4H8.2C3H6.11C2H6/c2*1-5-3-2-4-5;4*1-2-4-3-1;2*1-2-3-1;11*1-2/h2*5H,2-4H2,1H3;4*1-4H2;2*1-3H2;11*1-2H3. The van der Waals surface area contributed by atoms with Gasteiger partial charge in [-0.15, -0.1) is 0 Å². The summed E-state index contributed by atoms with van der Waals surface area (Å²) in [6, 6.07) is 0. The van der Waals surface area contributed by atoms with Crippen LogP contribution in [0.3, 0.4) is 0 Å². The normalized spacial score (nSPS) is 15.8. The molecule has 8 fully saturated rings. The van der Waals surface area contributed by atoms with Crippen LogP contribution in [0.25, 0.3) is 0 Å². The lowest BCUT2D eigenvalue weighted by Gasteiger charge is -2.18. The fraction of sp³-hybridized carbons (Fsp3) is 1.00. The summed E-state index contributed by atoms with van der Waals surface area (Å²) >= 11 is 0. The first kappa shape index (κ1) is 82.0. The van der Waals surface area contributed by atoms with E-state index in [9.17, 15) is 0 Å². The molecule has 8 saturated carbocycles. The molecule has 0 aromatic rings. The van der Waals surface area contributed by atoms with Crippen molar-refractivity contribution in [2.24, 2.45) is 11.8 Å². The van der Waals surface area contributed by atoms with E-state index in [1.54, 1.807) is 0 Å². The zero-order chi connectivity index (χ0) is 45.0. The molecule has 8 rings (SSSR count). The van der Waals surface area contributed by atoms with Crippen LogP contribution in [-0.2, 0) is 0 Å². The van der Waals surface area contributed by atoms with Gasteiger partial charge in [0.2, 0.25) is 0 Å². The minimum Gasteiger partial charge on any atom is -0.0683 e. The van der Waals surface area contributed by atoms with E-state index in [2.05, 4.69) is 13.8 Å². The minimum absolute atomic E-state index is 1.06. The summed E-state index contributed by atoms with van der Waals surface area (Å²) in [5.74, 6) is 2.13. The minimum atomic E-state index is 1.06. The monoisotopic (exact) mass is 779 g/mol. The van der Waals surface area contributed by atoms with Gasteiger partial charge in [-0.25, -0.2) is 0 Å². The quantitative estimate of drug-likeness (QED) is 0.230. The second-order valence-corrected chi connectivity index (χ2v) is 11.9. The van der Waals surface area contributed by atoms with Crippen molar-refractivity contribution in [1.82, 2.24) is 0 Å². The summed E-state index contributed by atoms with van der Waals surface area (Å²) in [4.78, 5) is 0. The maximum absolute atomic E-state index is 2.31. The van der Waals surface area contributed by atoms with Crippen molar-refractivity contribution >= 4 is 0 Å². The summed E-state index contributed by atoms with van der Waals surface area (Å²) in [6.07, 6.45) is 41.9. The van der Waals surface area contributed by atoms with Gasteiger partial charge in [-0.3, -0.25) is 0 Å². The Morgan fingerprint density at radius 1 is 0.148 bits per heavy atom. The third-order valence-electron chi connectivity index (χ3n) is 7.49. The van der Waals surface area contributed by atoms with E-state index < -0.39 is 0 Å². The number of hydrogen-bond acceptors (Lipinski definition) is 0. The van der Waals surface area contributed by atoms with Crippen molar-refractivity contribution in [3.63, 3.8) is 0 Å². The molecule has 0 spiro atoms. The van der Waals surface area contributed by atoms with Crippen LogP contribution < -0.4 is 0 Å². The Balaban J connectivity index is -0.0000000408. The summed E-state index contributed by atoms with van der Waals surface area (Å²) in [7, 11) is 0. The Bertz CT molecular complexity index is 246. The fourth-order valence-corrected chi connectivity index (χ4v) is 2.22. The molecule has 54 heavy (non-hydrogen) atoms. The lowest BCUT2D eigenvalue weighted by Crippen LogP contribution is -2.04. The highest BCUT2D eigenvalue weighted by Gasteiger charge is 2.09. The van der Waals surface area contributed by atoms with Gasteiger partial charge in [0, 0.05) is 0 Å². The van der Waals surface area contributed by atoms with Gasteiger partial charge < -0.3 is 0 Å². The maximum atomic E-state index is 2.31. The van der Waals surface area contributed by atoms with E-state index >= 15 is 0 Å². The SMILES string of the molecule is C1CC1.C1CC1.C1CCC1.C1CCC1.C1CCC1.C1CCC1.CC.CC.CC.CC.CC.CC.CC.CC.CC.CC.CC.CC1CCC1.CC1CCC1. The molecule has 0 heterocycles. The molecular weight excluding hydrogens is 649 g/mol. The zero-order valence-electron chi connectivity index (χ0n) is 45.0. The van der Waals surface area contributed by atoms with Crippen LogP contribution in [-0.4, -0.2) is 0 Å². The van der Waals surface area contributed by atoms with Gasteiger partial charge in [0.1, 0.15) is 0 Å². The van der Waals surface area contributed by atoms with Crippen LogP contribution in [0.1, 0.15) is 346 Å². The summed E-state index contributed by atoms with van der Waals surface area (Å²) in [6.45, 7) is 48.6. The first-order chi connectivity index (χ1) is 26.8. The van der Waals surface area contributed by atoms with Crippen LogP contribution >= 0.6 is 0 Å². The molecule has 8 aliphatic rings. The highest BCUT2D eigenvalue weighted by molar-refractivity contribution is 4.63. The van der Waals surface area contributed by atoms with Crippen molar-refractivity contribution in [3.05, 3.63) is 0 Å². The van der Waals surface area contributed by atoms with Crippen molar-refractivity contribution in [1.29, 1.82) is 0 Å². The molecule has 0 saturated heterocycles. The van der Waals surface area contributed by atoms with E-state index in [-0.39, 0.29) is 0 Å². The van der Waals surface area contributed by atoms with E-state index in [0.29, 0.717) is 0 Å². The van der Waals surface area contributed by atoms with Gasteiger partial charge in [-0.05, 0) is 11.8 Å². The topological polar surface area (TPSA) is 0 Å². The van der Waals surface area contributed by atoms with Crippen molar-refractivity contribution in [3.8, 4) is 0 Å². The van der Waals surface area contributed by atoms with Crippen LogP contribution in [0.5, 0.6) is 0 Å². The first-order valence-electron chi connectivity index (χ1n) is 26.8. The molecule has 0 unspecified atom stereocenters. The molecule has 0 heteroatoms. The molecular formula is C54H130. The molecule has 0 aromatic carbocycles. The van der Waals surface area contributed by atoms with Crippen molar-refractivity contribution in [2.45, 2.75) is 346 Å². The van der Waals surface area contributed by atoms with Gasteiger partial charge in [0.15, 0.2) is 0 Å². The third-order valence-corrected chi connectivity index (χ3v) is 7.49. The molecule has 0 aromatic heterocycles. The lowest BCUT2D eigenvalue weighted by molar-refractivity contribution is 0.346. The van der Waals surface area contributed by atoms with Gasteiger partial charge in [-0.1, -0.05) is 346 Å². The number of rotatable bonds is 0. The first-order valence-corrected chi connectivity index (χ1v) is 26.8. The highest BCUT2D eigenvalue weighted by Crippen LogP contribution is 2.25. The van der Waals surface area contributed by atoms with Crippen LogP contribution in [0, 0.1) is 11.8 Å². The van der Waals surface area contributed by atoms with E-state index in [1.807, 2.05) is 152 Å². The summed E-state index contributed by atoms with van der Waals surface area (Å²) in [5.41, 5.74) is 0. The Hall–Kier alpha value is 0. The smallest absolute Gasteiger partial charge is 0.0443 e. The number of hydrogen-bond donors (Lipinski definition) is 0.